The van der Waals surface area contributed by atoms with Gasteiger partial charge in [0.1, 0.15) is 0 Å². The number of hydrogen-bond acceptors (Lipinski definition) is 1. The van der Waals surface area contributed by atoms with Gasteiger partial charge in [-0.2, -0.15) is 0 Å². The zero-order valence-electron chi connectivity index (χ0n) is 8.54. The number of rotatable bonds is 1. The quantitative estimate of drug-likeness (QED) is 0.697. The van der Waals surface area contributed by atoms with E-state index in [0.717, 1.165) is 0 Å². The third-order valence-electron chi connectivity index (χ3n) is 3.31. The molecule has 1 aliphatic rings. The van der Waals surface area contributed by atoms with E-state index >= 15 is 0 Å². The molecule has 2 atom stereocenters. The molecule has 2 rings (SSSR count). The van der Waals surface area contributed by atoms with Crippen molar-refractivity contribution in [2.24, 2.45) is 11.1 Å². The lowest BCUT2D eigenvalue weighted by Crippen LogP contribution is -2.06. The SMILES string of the molecule is Cc1cccc([C@@H]2[C@@H](N)C2(C)C)c1. The van der Waals surface area contributed by atoms with Crippen LogP contribution in [0, 0.1) is 12.3 Å². The molecule has 0 amide bonds. The molecule has 0 saturated heterocycles. The fourth-order valence-electron chi connectivity index (χ4n) is 2.18. The van der Waals surface area contributed by atoms with Gasteiger partial charge in [0, 0.05) is 12.0 Å². The third-order valence-corrected chi connectivity index (χ3v) is 3.31. The number of aryl methyl sites for hydroxylation is 1. The van der Waals surface area contributed by atoms with Gasteiger partial charge < -0.3 is 5.73 Å². The summed E-state index contributed by atoms with van der Waals surface area (Å²) in [6.45, 7) is 6.61. The van der Waals surface area contributed by atoms with Crippen LogP contribution in [0.3, 0.4) is 0 Å². The van der Waals surface area contributed by atoms with Crippen LogP contribution in [0.25, 0.3) is 0 Å². The average Bonchev–Trinajstić information content (AvgIpc) is 2.51. The van der Waals surface area contributed by atoms with Crippen molar-refractivity contribution in [1.29, 1.82) is 0 Å². The molecule has 1 fully saturated rings. The maximum atomic E-state index is 6.03. The van der Waals surface area contributed by atoms with Crippen molar-refractivity contribution >= 4 is 0 Å². The summed E-state index contributed by atoms with van der Waals surface area (Å²) in [7, 11) is 0. The Balaban J connectivity index is 2.29. The van der Waals surface area contributed by atoms with Crippen LogP contribution in [0.4, 0.5) is 0 Å². The van der Waals surface area contributed by atoms with E-state index in [2.05, 4.69) is 45.0 Å². The van der Waals surface area contributed by atoms with E-state index in [4.69, 9.17) is 5.73 Å². The average molecular weight is 175 g/mol. The molecule has 0 unspecified atom stereocenters. The number of nitrogens with two attached hydrogens (primary N) is 1. The van der Waals surface area contributed by atoms with E-state index in [1.54, 1.807) is 0 Å². The minimum absolute atomic E-state index is 0.299. The summed E-state index contributed by atoms with van der Waals surface area (Å²) in [5.74, 6) is 0.562. The van der Waals surface area contributed by atoms with Crippen molar-refractivity contribution in [3.63, 3.8) is 0 Å². The first-order chi connectivity index (χ1) is 6.03. The van der Waals surface area contributed by atoms with Gasteiger partial charge in [0.05, 0.1) is 0 Å². The monoisotopic (exact) mass is 175 g/mol. The predicted octanol–water partition coefficient (Wildman–Crippen LogP) is 2.45. The van der Waals surface area contributed by atoms with Crippen LogP contribution in [0.1, 0.15) is 30.9 Å². The maximum Gasteiger partial charge on any atom is 0.0172 e. The minimum atomic E-state index is 0.299. The lowest BCUT2D eigenvalue weighted by atomic mass is 10.0. The Hall–Kier alpha value is -0.820. The molecule has 0 aromatic heterocycles. The van der Waals surface area contributed by atoms with Crippen molar-refractivity contribution in [3.8, 4) is 0 Å². The lowest BCUT2D eigenvalue weighted by molar-refractivity contribution is 0.599. The Morgan fingerprint density at radius 2 is 1.92 bits per heavy atom. The van der Waals surface area contributed by atoms with Crippen LogP contribution in [0.2, 0.25) is 0 Å². The smallest absolute Gasteiger partial charge is 0.0172 e. The van der Waals surface area contributed by atoms with E-state index in [-0.39, 0.29) is 0 Å². The maximum absolute atomic E-state index is 6.03. The first kappa shape index (κ1) is 8.76. The first-order valence-corrected chi connectivity index (χ1v) is 4.85. The summed E-state index contributed by atoms with van der Waals surface area (Å²) in [5.41, 5.74) is 9.05. The van der Waals surface area contributed by atoms with Crippen LogP contribution in [-0.2, 0) is 0 Å². The summed E-state index contributed by atoms with van der Waals surface area (Å²) in [5, 5.41) is 0. The van der Waals surface area contributed by atoms with Crippen LogP contribution in [0.15, 0.2) is 24.3 Å². The van der Waals surface area contributed by atoms with Gasteiger partial charge in [-0.1, -0.05) is 43.7 Å². The predicted molar refractivity (Wildman–Crippen MR) is 55.7 cm³/mol. The lowest BCUT2D eigenvalue weighted by Gasteiger charge is -2.03. The van der Waals surface area contributed by atoms with Crippen molar-refractivity contribution in [2.75, 3.05) is 0 Å². The van der Waals surface area contributed by atoms with Crippen molar-refractivity contribution < 1.29 is 0 Å². The topological polar surface area (TPSA) is 26.0 Å². The van der Waals surface area contributed by atoms with Crippen molar-refractivity contribution in [3.05, 3.63) is 35.4 Å². The highest BCUT2D eigenvalue weighted by Gasteiger charge is 2.55. The molecule has 1 heteroatoms. The summed E-state index contributed by atoms with van der Waals surface area (Å²) in [6, 6.07) is 9.02. The zero-order valence-corrected chi connectivity index (χ0v) is 8.54. The number of hydrogen-bond donors (Lipinski definition) is 1. The Morgan fingerprint density at radius 3 is 2.38 bits per heavy atom. The fourth-order valence-corrected chi connectivity index (χ4v) is 2.18. The van der Waals surface area contributed by atoms with Crippen LogP contribution < -0.4 is 5.73 Å². The molecular formula is C12H17N. The Morgan fingerprint density at radius 1 is 1.31 bits per heavy atom. The van der Waals surface area contributed by atoms with E-state index in [1.165, 1.54) is 11.1 Å². The molecule has 0 aliphatic heterocycles. The molecule has 0 heterocycles. The molecule has 1 aromatic rings. The molecule has 1 aromatic carbocycles. The van der Waals surface area contributed by atoms with Crippen molar-refractivity contribution in [1.82, 2.24) is 0 Å². The Kier molecular flexibility index (Phi) is 1.74. The minimum Gasteiger partial charge on any atom is -0.327 e. The van der Waals surface area contributed by atoms with E-state index in [1.807, 2.05) is 0 Å². The summed E-state index contributed by atoms with van der Waals surface area (Å²) < 4.78 is 0. The highest BCUT2D eigenvalue weighted by atomic mass is 14.8. The second kappa shape index (κ2) is 2.58. The van der Waals surface area contributed by atoms with Crippen LogP contribution in [0.5, 0.6) is 0 Å². The Bertz CT molecular complexity index is 328. The molecule has 1 nitrogen and oxygen atoms in total. The zero-order chi connectivity index (χ0) is 9.64. The summed E-state index contributed by atoms with van der Waals surface area (Å²) in [6.07, 6.45) is 0. The molecule has 2 N–H and O–H groups in total. The van der Waals surface area contributed by atoms with Gasteiger partial charge in [0.2, 0.25) is 0 Å². The molecule has 13 heavy (non-hydrogen) atoms. The van der Waals surface area contributed by atoms with Crippen molar-refractivity contribution in [2.45, 2.75) is 32.7 Å². The second-order valence-electron chi connectivity index (χ2n) is 4.74. The highest BCUT2D eigenvalue weighted by molar-refractivity contribution is 5.36. The van der Waals surface area contributed by atoms with Gasteiger partial charge in [0.25, 0.3) is 0 Å². The molecule has 70 valence electrons. The molecule has 0 spiro atoms. The van der Waals surface area contributed by atoms with Gasteiger partial charge >= 0.3 is 0 Å². The fraction of sp³-hybridized carbons (Fsp3) is 0.500. The van der Waals surface area contributed by atoms with E-state index < -0.39 is 0 Å². The highest BCUT2D eigenvalue weighted by Crippen LogP contribution is 2.57. The van der Waals surface area contributed by atoms with Crippen LogP contribution in [-0.4, -0.2) is 6.04 Å². The third kappa shape index (κ3) is 1.28. The largest absolute Gasteiger partial charge is 0.327 e. The summed E-state index contributed by atoms with van der Waals surface area (Å²) >= 11 is 0. The second-order valence-corrected chi connectivity index (χ2v) is 4.74. The molecule has 1 aliphatic carbocycles. The van der Waals surface area contributed by atoms with E-state index in [9.17, 15) is 0 Å². The van der Waals surface area contributed by atoms with E-state index in [0.29, 0.717) is 17.4 Å². The summed E-state index contributed by atoms with van der Waals surface area (Å²) in [4.78, 5) is 0. The standard InChI is InChI=1S/C12H17N/c1-8-5-4-6-9(7-8)10-11(13)12(10,2)3/h4-7,10-11H,13H2,1-3H3/t10-,11-/m1/s1. The van der Waals surface area contributed by atoms with Gasteiger partial charge in [-0.15, -0.1) is 0 Å². The molecule has 0 radical (unpaired) electrons. The number of benzene rings is 1. The first-order valence-electron chi connectivity index (χ1n) is 4.85. The normalized spacial score (nSPS) is 30.2. The molecule has 0 bridgehead atoms. The molecular weight excluding hydrogens is 158 g/mol. The van der Waals surface area contributed by atoms with Gasteiger partial charge in [0.15, 0.2) is 0 Å². The van der Waals surface area contributed by atoms with Gasteiger partial charge in [-0.25, -0.2) is 0 Å². The molecule has 1 saturated carbocycles. The Labute approximate surface area is 80.0 Å². The van der Waals surface area contributed by atoms with Gasteiger partial charge in [-0.3, -0.25) is 0 Å². The van der Waals surface area contributed by atoms with Crippen LogP contribution >= 0.6 is 0 Å². The van der Waals surface area contributed by atoms with Gasteiger partial charge in [-0.05, 0) is 17.9 Å².